The van der Waals surface area contributed by atoms with E-state index in [9.17, 15) is 4.79 Å². The second kappa shape index (κ2) is 8.67. The lowest BCUT2D eigenvalue weighted by Crippen LogP contribution is -2.12. The van der Waals surface area contributed by atoms with E-state index in [1.165, 1.54) is 0 Å². The van der Waals surface area contributed by atoms with E-state index in [1.54, 1.807) is 42.5 Å². The average molecular weight is 463 g/mol. The monoisotopic (exact) mass is 463 g/mol. The Hall–Kier alpha value is -5.12. The van der Waals surface area contributed by atoms with Gasteiger partial charge in [-0.3, -0.25) is 4.79 Å². The minimum Gasteiger partial charge on any atom is -0.487 e. The number of fused-ring (bicyclic) bond motifs is 2. The van der Waals surface area contributed by atoms with Crippen LogP contribution in [0.15, 0.2) is 83.3 Å². The van der Waals surface area contributed by atoms with Gasteiger partial charge in [-0.05, 0) is 47.7 Å². The predicted molar refractivity (Wildman–Crippen MR) is 128 cm³/mol. The number of hydrogen-bond acceptors (Lipinski definition) is 8. The van der Waals surface area contributed by atoms with Crippen LogP contribution >= 0.6 is 0 Å². The average Bonchev–Trinajstić information content (AvgIpc) is 3.58. The van der Waals surface area contributed by atoms with Gasteiger partial charge in [-0.2, -0.15) is 5.21 Å². The van der Waals surface area contributed by atoms with Gasteiger partial charge < -0.3 is 14.5 Å². The van der Waals surface area contributed by atoms with E-state index in [4.69, 9.17) is 9.15 Å². The number of carbonyl (C=O) groups is 1. The molecule has 2 N–H and O–H groups in total. The maximum absolute atomic E-state index is 13.0. The van der Waals surface area contributed by atoms with Gasteiger partial charge in [-0.25, -0.2) is 9.97 Å². The van der Waals surface area contributed by atoms with Crippen molar-refractivity contribution in [2.45, 2.75) is 6.61 Å². The van der Waals surface area contributed by atoms with Crippen molar-refractivity contribution >= 4 is 33.6 Å². The minimum atomic E-state index is -0.315. The number of amides is 1. The summed E-state index contributed by atoms with van der Waals surface area (Å²) in [6, 6.07) is 24.1. The van der Waals surface area contributed by atoms with Gasteiger partial charge in [0.2, 0.25) is 0 Å². The van der Waals surface area contributed by atoms with Crippen LogP contribution in [0.5, 0.6) is 5.75 Å². The van der Waals surface area contributed by atoms with Crippen LogP contribution < -0.4 is 10.1 Å². The third-order valence-electron chi connectivity index (χ3n) is 5.34. The Morgan fingerprint density at radius 1 is 0.943 bits per heavy atom. The van der Waals surface area contributed by atoms with Crippen molar-refractivity contribution in [1.29, 1.82) is 0 Å². The van der Waals surface area contributed by atoms with Crippen molar-refractivity contribution in [2.75, 3.05) is 5.32 Å². The van der Waals surface area contributed by atoms with Gasteiger partial charge in [0.15, 0.2) is 5.58 Å². The van der Waals surface area contributed by atoms with Gasteiger partial charge in [0, 0.05) is 10.9 Å². The van der Waals surface area contributed by atoms with E-state index in [0.717, 1.165) is 16.6 Å². The number of hydrogen-bond donors (Lipinski definition) is 2. The molecule has 0 spiro atoms. The van der Waals surface area contributed by atoms with Crippen LogP contribution in [0.25, 0.3) is 33.7 Å². The SMILES string of the molecule is O=C(Nc1cccc2nc(-c3nn[nH]n3)oc12)c1cccc(OCc2ccc3ccccc3n2)c1. The van der Waals surface area contributed by atoms with Crippen LogP contribution in [-0.4, -0.2) is 36.5 Å². The van der Waals surface area contributed by atoms with E-state index in [0.29, 0.717) is 28.1 Å². The first-order chi connectivity index (χ1) is 17.2. The molecule has 1 amide bonds. The van der Waals surface area contributed by atoms with Crippen LogP contribution in [0.1, 0.15) is 16.1 Å². The van der Waals surface area contributed by atoms with Crippen molar-refractivity contribution in [3.63, 3.8) is 0 Å². The number of oxazole rings is 1. The topological polar surface area (TPSA) is 132 Å². The second-order valence-corrected chi connectivity index (χ2v) is 7.67. The number of aromatic amines is 1. The molecule has 0 fully saturated rings. The fourth-order valence-corrected chi connectivity index (χ4v) is 3.66. The number of para-hydroxylation sites is 2. The van der Waals surface area contributed by atoms with E-state index in [2.05, 4.69) is 35.9 Å². The van der Waals surface area contributed by atoms with Crippen molar-refractivity contribution in [3.05, 3.63) is 90.1 Å². The molecule has 0 bridgehead atoms. The number of rotatable bonds is 6. The van der Waals surface area contributed by atoms with Crippen LogP contribution in [-0.2, 0) is 6.61 Å². The number of nitrogens with one attached hydrogen (secondary N) is 2. The summed E-state index contributed by atoms with van der Waals surface area (Å²) < 4.78 is 11.7. The lowest BCUT2D eigenvalue weighted by molar-refractivity contribution is 0.102. The summed E-state index contributed by atoms with van der Waals surface area (Å²) in [5.74, 6) is 0.673. The summed E-state index contributed by atoms with van der Waals surface area (Å²) in [7, 11) is 0. The standard InChI is InChI=1S/C25H17N7O3/c33-24(27-20-9-4-10-21-22(20)35-25(28-21)23-29-31-32-30-23)16-6-3-7-18(13-16)34-14-17-12-11-15-5-1-2-8-19(15)26-17/h1-13H,14H2,(H,27,33)(H,29,30,31,32). The molecule has 0 aliphatic heterocycles. The van der Waals surface area contributed by atoms with Crippen molar-refractivity contribution in [2.24, 2.45) is 0 Å². The fraction of sp³-hybridized carbons (Fsp3) is 0.0400. The number of nitrogens with zero attached hydrogens (tertiary/aromatic N) is 5. The zero-order valence-electron chi connectivity index (χ0n) is 18.2. The third kappa shape index (κ3) is 4.15. The number of pyridine rings is 1. The Kier molecular flexibility index (Phi) is 5.08. The molecular formula is C25H17N7O3. The van der Waals surface area contributed by atoms with Crippen molar-refractivity contribution in [1.82, 2.24) is 30.6 Å². The van der Waals surface area contributed by atoms with Crippen LogP contribution in [0, 0.1) is 0 Å². The van der Waals surface area contributed by atoms with Gasteiger partial charge in [-0.15, -0.1) is 10.2 Å². The van der Waals surface area contributed by atoms with E-state index >= 15 is 0 Å². The summed E-state index contributed by atoms with van der Waals surface area (Å²) >= 11 is 0. The Balaban J connectivity index is 1.19. The van der Waals surface area contributed by atoms with Crippen molar-refractivity contribution < 1.29 is 13.9 Å². The molecule has 0 atom stereocenters. The molecule has 0 unspecified atom stereocenters. The highest BCUT2D eigenvalue weighted by Crippen LogP contribution is 2.28. The van der Waals surface area contributed by atoms with E-state index < -0.39 is 0 Å². The summed E-state index contributed by atoms with van der Waals surface area (Å²) in [6.07, 6.45) is 0. The number of ether oxygens (including phenoxy) is 1. The molecule has 0 saturated heterocycles. The van der Waals surface area contributed by atoms with Crippen molar-refractivity contribution in [3.8, 4) is 17.5 Å². The molecule has 3 aromatic heterocycles. The largest absolute Gasteiger partial charge is 0.487 e. The lowest BCUT2D eigenvalue weighted by atomic mass is 10.2. The van der Waals surface area contributed by atoms with Crippen LogP contribution in [0.3, 0.4) is 0 Å². The highest BCUT2D eigenvalue weighted by Gasteiger charge is 2.16. The molecule has 6 rings (SSSR count). The first-order valence-electron chi connectivity index (χ1n) is 10.8. The summed E-state index contributed by atoms with van der Waals surface area (Å²) in [5, 5.41) is 17.6. The molecule has 0 aliphatic rings. The summed E-state index contributed by atoms with van der Waals surface area (Å²) in [4.78, 5) is 22.0. The van der Waals surface area contributed by atoms with Crippen LogP contribution in [0.2, 0.25) is 0 Å². The first kappa shape index (κ1) is 20.5. The fourth-order valence-electron chi connectivity index (χ4n) is 3.66. The highest BCUT2D eigenvalue weighted by atomic mass is 16.5. The smallest absolute Gasteiger partial charge is 0.269 e. The number of carbonyl (C=O) groups excluding carboxylic acids is 1. The number of benzene rings is 3. The Labute approximate surface area is 198 Å². The summed E-state index contributed by atoms with van der Waals surface area (Å²) in [6.45, 7) is 0.284. The molecule has 3 heterocycles. The lowest BCUT2D eigenvalue weighted by Gasteiger charge is -2.09. The predicted octanol–water partition coefficient (Wildman–Crippen LogP) is 4.39. The molecule has 35 heavy (non-hydrogen) atoms. The minimum absolute atomic E-state index is 0.202. The normalized spacial score (nSPS) is 11.1. The highest BCUT2D eigenvalue weighted by molar-refractivity contribution is 6.08. The maximum Gasteiger partial charge on any atom is 0.269 e. The van der Waals surface area contributed by atoms with Gasteiger partial charge in [0.25, 0.3) is 17.6 Å². The molecule has 10 nitrogen and oxygen atoms in total. The second-order valence-electron chi connectivity index (χ2n) is 7.67. The van der Waals surface area contributed by atoms with E-state index in [-0.39, 0.29) is 24.2 Å². The number of aromatic nitrogens is 6. The number of anilines is 1. The Morgan fingerprint density at radius 3 is 2.74 bits per heavy atom. The zero-order valence-corrected chi connectivity index (χ0v) is 18.2. The van der Waals surface area contributed by atoms with Gasteiger partial charge in [0.1, 0.15) is 17.9 Å². The zero-order chi connectivity index (χ0) is 23.6. The molecule has 0 aliphatic carbocycles. The quantitative estimate of drug-likeness (QED) is 0.372. The maximum atomic E-state index is 13.0. The third-order valence-corrected chi connectivity index (χ3v) is 5.34. The van der Waals surface area contributed by atoms with Gasteiger partial charge >= 0.3 is 0 Å². The van der Waals surface area contributed by atoms with Crippen LogP contribution in [0.4, 0.5) is 5.69 Å². The molecule has 10 heteroatoms. The first-order valence-corrected chi connectivity index (χ1v) is 10.8. The molecule has 0 radical (unpaired) electrons. The number of tetrazole rings is 1. The Bertz CT molecular complexity index is 1660. The number of H-pyrrole nitrogens is 1. The molecule has 6 aromatic rings. The molecule has 3 aromatic carbocycles. The van der Waals surface area contributed by atoms with E-state index in [1.807, 2.05) is 36.4 Å². The van der Waals surface area contributed by atoms with Gasteiger partial charge in [-0.1, -0.05) is 36.4 Å². The molecule has 170 valence electrons. The molecule has 0 saturated carbocycles. The Morgan fingerprint density at radius 2 is 1.83 bits per heavy atom. The molecular weight excluding hydrogens is 446 g/mol. The summed E-state index contributed by atoms with van der Waals surface area (Å²) in [5.41, 5.74) is 3.59. The van der Waals surface area contributed by atoms with Gasteiger partial charge in [0.05, 0.1) is 16.9 Å².